The molecule has 0 radical (unpaired) electrons. The van der Waals surface area contributed by atoms with Gasteiger partial charge in [0.15, 0.2) is 6.19 Å². The summed E-state index contributed by atoms with van der Waals surface area (Å²) in [5, 5.41) is 12.7. The van der Waals surface area contributed by atoms with Gasteiger partial charge in [0.1, 0.15) is 0 Å². The van der Waals surface area contributed by atoms with E-state index in [9.17, 15) is 0 Å². The van der Waals surface area contributed by atoms with Gasteiger partial charge >= 0.3 is 0 Å². The van der Waals surface area contributed by atoms with Crippen LogP contribution in [0.5, 0.6) is 0 Å². The molecule has 0 aliphatic heterocycles. The van der Waals surface area contributed by atoms with Gasteiger partial charge in [-0.05, 0) is 22.0 Å². The molecular formula is C9H5BrN4S. The highest BCUT2D eigenvalue weighted by atomic mass is 79.9. The summed E-state index contributed by atoms with van der Waals surface area (Å²) in [6, 6.07) is 2.00. The molecule has 15 heavy (non-hydrogen) atoms. The van der Waals surface area contributed by atoms with Gasteiger partial charge in [0.05, 0.1) is 0 Å². The van der Waals surface area contributed by atoms with Crippen molar-refractivity contribution < 1.29 is 0 Å². The number of halogens is 1. The number of aromatic nitrogens is 2. The number of hydrogen-bond acceptors (Lipinski definition) is 5. The average molecular weight is 281 g/mol. The Kier molecular flexibility index (Phi) is 2.94. The Balaban J connectivity index is 2.28. The minimum absolute atomic E-state index is 0.317. The summed E-state index contributed by atoms with van der Waals surface area (Å²) in [5.41, 5.74) is 0.939. The van der Waals surface area contributed by atoms with Crippen molar-refractivity contribution in [2.75, 3.05) is 5.32 Å². The van der Waals surface area contributed by atoms with Crippen LogP contribution in [0.3, 0.4) is 0 Å². The molecule has 0 fully saturated rings. The number of thiophene rings is 1. The van der Waals surface area contributed by atoms with Crippen molar-refractivity contribution in [3.8, 4) is 16.6 Å². The Morgan fingerprint density at radius 2 is 2.13 bits per heavy atom. The van der Waals surface area contributed by atoms with Crippen molar-refractivity contribution in [3.05, 3.63) is 28.3 Å². The molecule has 2 aromatic heterocycles. The van der Waals surface area contributed by atoms with Gasteiger partial charge in [0, 0.05) is 32.7 Å². The van der Waals surface area contributed by atoms with Crippen molar-refractivity contribution in [2.45, 2.75) is 0 Å². The van der Waals surface area contributed by atoms with Gasteiger partial charge in [-0.1, -0.05) is 0 Å². The van der Waals surface area contributed by atoms with Gasteiger partial charge in [-0.2, -0.15) is 5.26 Å². The molecule has 1 N–H and O–H groups in total. The van der Waals surface area contributed by atoms with E-state index in [4.69, 9.17) is 5.26 Å². The standard InChI is InChI=1S/C9H5BrN4S/c10-7-1-8(15-4-7)6-2-12-9(13-3-6)14-5-11/h1-4H,(H,12,13,14). The molecular weight excluding hydrogens is 276 g/mol. The zero-order chi connectivity index (χ0) is 10.7. The first kappa shape index (κ1) is 10.1. The zero-order valence-corrected chi connectivity index (χ0v) is 9.84. The number of nitrogens with zero attached hydrogens (tertiary/aromatic N) is 3. The SMILES string of the molecule is N#CNc1ncc(-c2cc(Br)cs2)cn1. The maximum absolute atomic E-state index is 8.36. The van der Waals surface area contributed by atoms with Gasteiger partial charge in [0.25, 0.3) is 0 Å². The maximum atomic E-state index is 8.36. The summed E-state index contributed by atoms with van der Waals surface area (Å²) in [7, 11) is 0. The van der Waals surface area contributed by atoms with Crippen LogP contribution in [0.15, 0.2) is 28.3 Å². The second-order valence-electron chi connectivity index (χ2n) is 2.66. The Morgan fingerprint density at radius 1 is 1.40 bits per heavy atom. The molecule has 74 valence electrons. The van der Waals surface area contributed by atoms with Crippen LogP contribution in [-0.4, -0.2) is 9.97 Å². The van der Waals surface area contributed by atoms with Crippen molar-refractivity contribution >= 4 is 33.2 Å². The van der Waals surface area contributed by atoms with Crippen LogP contribution in [0, 0.1) is 11.5 Å². The second kappa shape index (κ2) is 4.38. The number of nitrogens with one attached hydrogen (secondary N) is 1. The minimum Gasteiger partial charge on any atom is -0.261 e. The maximum Gasteiger partial charge on any atom is 0.236 e. The fraction of sp³-hybridized carbons (Fsp3) is 0. The lowest BCUT2D eigenvalue weighted by Crippen LogP contribution is -1.94. The highest BCUT2D eigenvalue weighted by molar-refractivity contribution is 9.10. The summed E-state index contributed by atoms with van der Waals surface area (Å²) < 4.78 is 1.04. The Bertz CT molecular complexity index is 500. The third-order valence-electron chi connectivity index (χ3n) is 1.67. The van der Waals surface area contributed by atoms with Gasteiger partial charge in [-0.15, -0.1) is 11.3 Å². The molecule has 0 aliphatic rings. The van der Waals surface area contributed by atoms with Gasteiger partial charge < -0.3 is 0 Å². The Hall–Kier alpha value is -1.45. The van der Waals surface area contributed by atoms with E-state index in [1.165, 1.54) is 0 Å². The number of hydrogen-bond donors (Lipinski definition) is 1. The minimum atomic E-state index is 0.317. The molecule has 0 spiro atoms. The largest absolute Gasteiger partial charge is 0.261 e. The lowest BCUT2D eigenvalue weighted by Gasteiger charge is -1.97. The smallest absolute Gasteiger partial charge is 0.236 e. The first-order chi connectivity index (χ1) is 7.29. The third kappa shape index (κ3) is 2.32. The van der Waals surface area contributed by atoms with Gasteiger partial charge in [-0.3, -0.25) is 5.32 Å². The Morgan fingerprint density at radius 3 is 2.67 bits per heavy atom. The van der Waals surface area contributed by atoms with Crippen LogP contribution in [0.25, 0.3) is 10.4 Å². The summed E-state index contributed by atoms with van der Waals surface area (Å²) in [6.45, 7) is 0. The normalized spacial score (nSPS) is 9.60. The van der Waals surface area contributed by atoms with Gasteiger partial charge in [-0.25, -0.2) is 9.97 Å². The summed E-state index contributed by atoms with van der Waals surface area (Å²) in [4.78, 5) is 9.09. The predicted octanol–water partition coefficient (Wildman–Crippen LogP) is 2.86. The molecule has 0 saturated heterocycles. The van der Waals surface area contributed by atoms with Gasteiger partial charge in [0.2, 0.25) is 5.95 Å². The fourth-order valence-electron chi connectivity index (χ4n) is 1.03. The molecule has 0 bridgehead atoms. The summed E-state index contributed by atoms with van der Waals surface area (Å²) in [5.74, 6) is 0.317. The van der Waals surface area contributed by atoms with Crippen LogP contribution < -0.4 is 5.32 Å². The van der Waals surface area contributed by atoms with Crippen molar-refractivity contribution in [1.82, 2.24) is 9.97 Å². The van der Waals surface area contributed by atoms with Crippen LogP contribution in [0.1, 0.15) is 0 Å². The molecule has 0 amide bonds. The molecule has 0 atom stereocenters. The van der Waals surface area contributed by atoms with E-state index in [0.717, 1.165) is 14.9 Å². The highest BCUT2D eigenvalue weighted by Gasteiger charge is 2.02. The number of anilines is 1. The lowest BCUT2D eigenvalue weighted by atomic mass is 10.3. The van der Waals surface area contributed by atoms with E-state index in [1.807, 2.05) is 11.4 Å². The third-order valence-corrected chi connectivity index (χ3v) is 3.41. The summed E-state index contributed by atoms with van der Waals surface area (Å²) in [6.07, 6.45) is 5.14. The molecule has 6 heteroatoms. The molecule has 0 aliphatic carbocycles. The van der Waals surface area contributed by atoms with Crippen LogP contribution in [0.4, 0.5) is 5.95 Å². The lowest BCUT2D eigenvalue weighted by molar-refractivity contribution is 1.17. The zero-order valence-electron chi connectivity index (χ0n) is 7.44. The molecule has 2 heterocycles. The second-order valence-corrected chi connectivity index (χ2v) is 4.49. The molecule has 0 saturated carbocycles. The van der Waals surface area contributed by atoms with Crippen LogP contribution >= 0.6 is 27.3 Å². The van der Waals surface area contributed by atoms with Crippen molar-refractivity contribution in [3.63, 3.8) is 0 Å². The van der Waals surface area contributed by atoms with E-state index in [0.29, 0.717) is 5.95 Å². The number of nitriles is 1. The molecule has 0 aromatic carbocycles. The van der Waals surface area contributed by atoms with E-state index in [-0.39, 0.29) is 0 Å². The molecule has 0 unspecified atom stereocenters. The number of rotatable bonds is 2. The van der Waals surface area contributed by atoms with E-state index in [1.54, 1.807) is 29.9 Å². The summed E-state index contributed by atoms with van der Waals surface area (Å²) >= 11 is 4.99. The highest BCUT2D eigenvalue weighted by Crippen LogP contribution is 2.28. The van der Waals surface area contributed by atoms with E-state index in [2.05, 4.69) is 31.2 Å². The topological polar surface area (TPSA) is 61.6 Å². The molecule has 2 rings (SSSR count). The Labute approximate surface area is 98.7 Å². The average Bonchev–Trinajstić information content (AvgIpc) is 2.67. The van der Waals surface area contributed by atoms with Crippen molar-refractivity contribution in [1.29, 1.82) is 5.26 Å². The quantitative estimate of drug-likeness (QED) is 0.679. The first-order valence-corrected chi connectivity index (χ1v) is 5.68. The van der Waals surface area contributed by atoms with E-state index >= 15 is 0 Å². The molecule has 2 aromatic rings. The monoisotopic (exact) mass is 280 g/mol. The fourth-order valence-corrected chi connectivity index (χ4v) is 2.44. The first-order valence-electron chi connectivity index (χ1n) is 4.01. The van der Waals surface area contributed by atoms with Crippen molar-refractivity contribution in [2.24, 2.45) is 0 Å². The van der Waals surface area contributed by atoms with Crippen LogP contribution in [-0.2, 0) is 0 Å². The predicted molar refractivity (Wildman–Crippen MR) is 62.3 cm³/mol. The molecule has 4 nitrogen and oxygen atoms in total. The van der Waals surface area contributed by atoms with E-state index < -0.39 is 0 Å². The van der Waals surface area contributed by atoms with Crippen LogP contribution in [0.2, 0.25) is 0 Å².